The number of H-pyrrole nitrogens is 2. The van der Waals surface area contributed by atoms with Crippen molar-refractivity contribution < 1.29 is 0 Å². The molecule has 0 amide bonds. The van der Waals surface area contributed by atoms with Crippen molar-refractivity contribution in [1.29, 1.82) is 0 Å². The van der Waals surface area contributed by atoms with Crippen LogP contribution in [0.15, 0.2) is 20.9 Å². The van der Waals surface area contributed by atoms with Crippen molar-refractivity contribution in [3.05, 3.63) is 33.5 Å². The first-order chi connectivity index (χ1) is 7.56. The number of hydrogen-bond donors (Lipinski definition) is 2. The van der Waals surface area contributed by atoms with Gasteiger partial charge in [0, 0.05) is 17.5 Å². The molecule has 0 aliphatic carbocycles. The van der Waals surface area contributed by atoms with E-state index in [1.54, 1.807) is 6.92 Å². The Morgan fingerprint density at radius 1 is 1.31 bits per heavy atom. The number of aryl methyl sites for hydroxylation is 3. The molecule has 0 fully saturated rings. The van der Waals surface area contributed by atoms with Crippen LogP contribution in [0, 0.1) is 20.8 Å². The molecular weight excluding hydrogens is 224 g/mol. The quantitative estimate of drug-likeness (QED) is 0.776. The van der Waals surface area contributed by atoms with Gasteiger partial charge in [-0.05, 0) is 32.5 Å². The molecule has 6 heteroatoms. The van der Waals surface area contributed by atoms with E-state index in [0.29, 0.717) is 10.9 Å². The predicted molar refractivity (Wildman–Crippen MR) is 61.8 cm³/mol. The molecule has 5 nitrogen and oxygen atoms in total. The maximum atomic E-state index is 11.3. The molecule has 0 saturated heterocycles. The van der Waals surface area contributed by atoms with E-state index in [2.05, 4.69) is 20.2 Å². The highest BCUT2D eigenvalue weighted by Crippen LogP contribution is 2.28. The Morgan fingerprint density at radius 2 is 2.06 bits per heavy atom. The second-order valence-electron chi connectivity index (χ2n) is 3.56. The maximum Gasteiger partial charge on any atom is 0.251 e. The summed E-state index contributed by atoms with van der Waals surface area (Å²) in [7, 11) is 0. The second-order valence-corrected chi connectivity index (χ2v) is 4.56. The van der Waals surface area contributed by atoms with E-state index >= 15 is 0 Å². The third-order valence-electron chi connectivity index (χ3n) is 2.11. The van der Waals surface area contributed by atoms with Gasteiger partial charge in [-0.25, -0.2) is 4.98 Å². The van der Waals surface area contributed by atoms with Crippen LogP contribution in [-0.4, -0.2) is 20.2 Å². The number of rotatable bonds is 2. The summed E-state index contributed by atoms with van der Waals surface area (Å²) in [4.78, 5) is 19.2. The summed E-state index contributed by atoms with van der Waals surface area (Å²) in [5.74, 6) is 0. The smallest absolute Gasteiger partial charge is 0.251 e. The van der Waals surface area contributed by atoms with Gasteiger partial charge in [0.2, 0.25) is 0 Å². The highest BCUT2D eigenvalue weighted by molar-refractivity contribution is 7.99. The fourth-order valence-corrected chi connectivity index (χ4v) is 2.31. The maximum absolute atomic E-state index is 11.3. The van der Waals surface area contributed by atoms with Gasteiger partial charge in [-0.2, -0.15) is 5.10 Å². The fourth-order valence-electron chi connectivity index (χ4n) is 1.39. The molecule has 16 heavy (non-hydrogen) atoms. The van der Waals surface area contributed by atoms with Crippen molar-refractivity contribution >= 4 is 11.8 Å². The lowest BCUT2D eigenvalue weighted by Gasteiger charge is -2.01. The molecule has 0 unspecified atom stereocenters. The monoisotopic (exact) mass is 236 g/mol. The average Bonchev–Trinajstić information content (AvgIpc) is 2.48. The third kappa shape index (κ3) is 2.16. The Hall–Kier alpha value is -1.56. The molecule has 0 atom stereocenters. The third-order valence-corrected chi connectivity index (χ3v) is 3.30. The van der Waals surface area contributed by atoms with Crippen LogP contribution in [-0.2, 0) is 0 Å². The zero-order chi connectivity index (χ0) is 11.7. The number of nitrogens with zero attached hydrogens (tertiary/aromatic N) is 2. The van der Waals surface area contributed by atoms with Crippen molar-refractivity contribution in [2.24, 2.45) is 0 Å². The molecule has 2 aromatic heterocycles. The summed E-state index contributed by atoms with van der Waals surface area (Å²) in [6, 6.07) is 1.47. The lowest BCUT2D eigenvalue weighted by molar-refractivity contribution is 0.904. The van der Waals surface area contributed by atoms with Gasteiger partial charge in [0.1, 0.15) is 0 Å². The van der Waals surface area contributed by atoms with Gasteiger partial charge in [0.05, 0.1) is 10.6 Å². The average molecular weight is 236 g/mol. The zero-order valence-corrected chi connectivity index (χ0v) is 10.1. The van der Waals surface area contributed by atoms with Crippen LogP contribution in [0.4, 0.5) is 0 Å². The van der Waals surface area contributed by atoms with E-state index in [0.717, 1.165) is 16.3 Å². The van der Waals surface area contributed by atoms with Gasteiger partial charge < -0.3 is 4.98 Å². The first-order valence-corrected chi connectivity index (χ1v) is 5.65. The molecular formula is C10H12N4OS. The molecule has 0 saturated carbocycles. The molecule has 0 aliphatic rings. The van der Waals surface area contributed by atoms with Crippen molar-refractivity contribution in [3.8, 4) is 0 Å². The Kier molecular flexibility index (Phi) is 2.82. The number of aromatic nitrogens is 4. The minimum Gasteiger partial charge on any atom is -0.301 e. The fraction of sp³-hybridized carbons (Fsp3) is 0.300. The van der Waals surface area contributed by atoms with Crippen LogP contribution in [0.1, 0.15) is 17.1 Å². The molecule has 2 rings (SSSR count). The van der Waals surface area contributed by atoms with Gasteiger partial charge in [0.15, 0.2) is 5.16 Å². The predicted octanol–water partition coefficient (Wildman–Crippen LogP) is 1.57. The second kappa shape index (κ2) is 4.13. The van der Waals surface area contributed by atoms with Gasteiger partial charge in [-0.1, -0.05) is 0 Å². The first-order valence-electron chi connectivity index (χ1n) is 4.83. The minimum absolute atomic E-state index is 0.131. The highest BCUT2D eigenvalue weighted by Gasteiger charge is 2.09. The summed E-state index contributed by atoms with van der Waals surface area (Å²) in [6.07, 6.45) is 0. The molecule has 0 aliphatic heterocycles. The van der Waals surface area contributed by atoms with E-state index in [1.165, 1.54) is 17.8 Å². The largest absolute Gasteiger partial charge is 0.301 e. The van der Waals surface area contributed by atoms with Gasteiger partial charge >= 0.3 is 0 Å². The Morgan fingerprint density at radius 3 is 2.62 bits per heavy atom. The Balaban J connectivity index is 2.37. The molecule has 84 valence electrons. The summed E-state index contributed by atoms with van der Waals surface area (Å²) >= 11 is 1.42. The Labute approximate surface area is 96.7 Å². The lowest BCUT2D eigenvalue weighted by Crippen LogP contribution is -2.07. The molecule has 0 radical (unpaired) electrons. The molecule has 2 N–H and O–H groups in total. The highest BCUT2D eigenvalue weighted by atomic mass is 32.2. The van der Waals surface area contributed by atoms with Gasteiger partial charge in [-0.15, -0.1) is 0 Å². The van der Waals surface area contributed by atoms with E-state index in [4.69, 9.17) is 0 Å². The molecule has 0 aromatic carbocycles. The molecule has 0 bridgehead atoms. The van der Waals surface area contributed by atoms with E-state index < -0.39 is 0 Å². The van der Waals surface area contributed by atoms with E-state index in [-0.39, 0.29) is 5.56 Å². The van der Waals surface area contributed by atoms with Crippen LogP contribution in [0.3, 0.4) is 0 Å². The number of aromatic amines is 2. The van der Waals surface area contributed by atoms with Crippen LogP contribution in [0.5, 0.6) is 0 Å². The SMILES string of the molecule is Cc1cc(=O)[nH]c(Sc2c(C)n[nH]c2C)n1. The normalized spacial score (nSPS) is 10.7. The molecule has 2 heterocycles. The number of hydrogen-bond acceptors (Lipinski definition) is 4. The summed E-state index contributed by atoms with van der Waals surface area (Å²) in [5, 5.41) is 7.58. The topological polar surface area (TPSA) is 74.4 Å². The summed E-state index contributed by atoms with van der Waals surface area (Å²) in [6.45, 7) is 5.66. The van der Waals surface area contributed by atoms with Crippen molar-refractivity contribution in [2.75, 3.05) is 0 Å². The van der Waals surface area contributed by atoms with Crippen molar-refractivity contribution in [1.82, 2.24) is 20.2 Å². The first kappa shape index (κ1) is 10.9. The van der Waals surface area contributed by atoms with Crippen LogP contribution in [0.2, 0.25) is 0 Å². The van der Waals surface area contributed by atoms with Crippen LogP contribution < -0.4 is 5.56 Å². The van der Waals surface area contributed by atoms with Crippen LogP contribution >= 0.6 is 11.8 Å². The number of nitrogens with one attached hydrogen (secondary N) is 2. The van der Waals surface area contributed by atoms with E-state index in [9.17, 15) is 4.79 Å². The standard InChI is InChI=1S/C10H12N4OS/c1-5-4-8(15)12-10(11-5)16-9-6(2)13-14-7(9)3/h4H,1-3H3,(H,13,14)(H,11,12,15). The lowest BCUT2D eigenvalue weighted by atomic mass is 10.4. The molecule has 2 aromatic rings. The minimum atomic E-state index is -0.131. The van der Waals surface area contributed by atoms with Gasteiger partial charge in [0.25, 0.3) is 5.56 Å². The summed E-state index contributed by atoms with van der Waals surface area (Å²) in [5.41, 5.74) is 2.47. The van der Waals surface area contributed by atoms with Crippen molar-refractivity contribution in [2.45, 2.75) is 30.8 Å². The zero-order valence-electron chi connectivity index (χ0n) is 9.29. The van der Waals surface area contributed by atoms with Gasteiger partial charge in [-0.3, -0.25) is 9.89 Å². The van der Waals surface area contributed by atoms with E-state index in [1.807, 2.05) is 13.8 Å². The summed E-state index contributed by atoms with van der Waals surface area (Å²) < 4.78 is 0. The molecule has 0 spiro atoms. The van der Waals surface area contributed by atoms with Crippen molar-refractivity contribution in [3.63, 3.8) is 0 Å². The Bertz CT molecular complexity index is 553. The van der Waals surface area contributed by atoms with Crippen LogP contribution in [0.25, 0.3) is 0 Å².